The molecule has 4 heteroatoms. The number of benzene rings is 4. The summed E-state index contributed by atoms with van der Waals surface area (Å²) in [5.74, 6) is 2.51. The van der Waals surface area contributed by atoms with Gasteiger partial charge in [-0.1, -0.05) is 235 Å². The third-order valence-corrected chi connectivity index (χ3v) is 14.5. The molecule has 0 aliphatic heterocycles. The summed E-state index contributed by atoms with van der Waals surface area (Å²) in [6.07, 6.45) is 21.9. The molecule has 0 unspecified atom stereocenters. The van der Waals surface area contributed by atoms with Gasteiger partial charge in [-0.15, -0.1) is 0 Å². The number of aromatic hydroxyl groups is 2. The quantitative estimate of drug-likeness (QED) is 0.0764. The van der Waals surface area contributed by atoms with Crippen molar-refractivity contribution in [2.45, 2.75) is 247 Å². The third kappa shape index (κ3) is 15.5. The summed E-state index contributed by atoms with van der Waals surface area (Å²) < 4.78 is 14.1. The van der Waals surface area contributed by atoms with Crippen molar-refractivity contribution in [1.29, 1.82) is 0 Å². The summed E-state index contributed by atoms with van der Waals surface area (Å²) in [4.78, 5) is 0. The van der Waals surface area contributed by atoms with Gasteiger partial charge >= 0.3 is 0 Å². The van der Waals surface area contributed by atoms with Gasteiger partial charge in [0.05, 0.1) is 13.2 Å². The Morgan fingerprint density at radius 3 is 0.750 bits per heavy atom. The molecule has 5 rings (SSSR count). The number of hydrogen-bond acceptors (Lipinski definition) is 4. The van der Waals surface area contributed by atoms with E-state index in [9.17, 15) is 10.2 Å². The highest BCUT2D eigenvalue weighted by Gasteiger charge is 2.28. The average molecular weight is 929 g/mol. The second-order valence-corrected chi connectivity index (χ2v) is 24.9. The number of ether oxygens (including phenoxy) is 2. The molecule has 68 heavy (non-hydrogen) atoms. The third-order valence-electron chi connectivity index (χ3n) is 14.5. The first-order valence-electron chi connectivity index (χ1n) is 27.3. The highest BCUT2D eigenvalue weighted by molar-refractivity contribution is 5.59. The summed E-state index contributed by atoms with van der Waals surface area (Å²) in [7, 11) is 0. The normalized spacial score (nSPS) is 13.5. The van der Waals surface area contributed by atoms with Gasteiger partial charge in [-0.25, -0.2) is 0 Å². The van der Waals surface area contributed by atoms with Gasteiger partial charge in [0.1, 0.15) is 23.0 Å². The van der Waals surface area contributed by atoms with E-state index in [-0.39, 0.29) is 21.7 Å². The Morgan fingerprint density at radius 2 is 0.529 bits per heavy atom. The zero-order chi connectivity index (χ0) is 49.9. The number of hydrogen-bond donors (Lipinski definition) is 2. The van der Waals surface area contributed by atoms with Gasteiger partial charge in [-0.3, -0.25) is 0 Å². The fourth-order valence-corrected chi connectivity index (χ4v) is 9.84. The van der Waals surface area contributed by atoms with Crippen molar-refractivity contribution >= 4 is 0 Å². The summed E-state index contributed by atoms with van der Waals surface area (Å²) in [6, 6.07) is 18.3. The first-order chi connectivity index (χ1) is 32.0. The molecule has 2 N–H and O–H groups in total. The molecule has 0 heterocycles. The van der Waals surface area contributed by atoms with Gasteiger partial charge in [-0.05, 0) is 101 Å². The molecule has 376 valence electrons. The van der Waals surface area contributed by atoms with Gasteiger partial charge in [0.2, 0.25) is 0 Å². The molecule has 4 nitrogen and oxygen atoms in total. The van der Waals surface area contributed by atoms with Crippen molar-refractivity contribution in [2.24, 2.45) is 0 Å². The number of phenolic OH excluding ortho intramolecular Hbond substituents is 2. The predicted octanol–water partition coefficient (Wildman–Crippen LogP) is 18.0. The molecule has 4 aromatic rings. The van der Waals surface area contributed by atoms with Crippen LogP contribution in [0.1, 0.15) is 266 Å². The molecule has 0 atom stereocenters. The van der Waals surface area contributed by atoms with E-state index in [1.165, 1.54) is 99.3 Å². The average Bonchev–Trinajstić information content (AvgIpc) is 3.24. The minimum atomic E-state index is -0.147. The Morgan fingerprint density at radius 1 is 0.324 bits per heavy atom. The molecular formula is C64H96O4. The van der Waals surface area contributed by atoms with Crippen LogP contribution in [0.15, 0.2) is 48.5 Å². The molecule has 0 fully saturated rings. The van der Waals surface area contributed by atoms with Crippen LogP contribution in [0.5, 0.6) is 23.0 Å². The molecule has 1 aliphatic carbocycles. The van der Waals surface area contributed by atoms with E-state index in [0.717, 1.165) is 81.7 Å². The van der Waals surface area contributed by atoms with Crippen molar-refractivity contribution < 1.29 is 19.7 Å². The van der Waals surface area contributed by atoms with E-state index < -0.39 is 0 Å². The highest BCUT2D eigenvalue weighted by Crippen LogP contribution is 2.44. The Hall–Kier alpha value is -3.92. The van der Waals surface area contributed by atoms with Crippen molar-refractivity contribution in [1.82, 2.24) is 0 Å². The van der Waals surface area contributed by atoms with Crippen molar-refractivity contribution in [3.8, 4) is 23.0 Å². The maximum absolute atomic E-state index is 12.7. The minimum absolute atomic E-state index is 0.139. The fourth-order valence-electron chi connectivity index (χ4n) is 9.84. The van der Waals surface area contributed by atoms with E-state index >= 15 is 0 Å². The maximum Gasteiger partial charge on any atom is 0.126 e. The lowest BCUT2D eigenvalue weighted by Gasteiger charge is -2.28. The number of fused-ring (bicyclic) bond motifs is 8. The molecule has 0 aromatic heterocycles. The number of phenols is 2. The van der Waals surface area contributed by atoms with E-state index in [1.54, 1.807) is 0 Å². The number of unbranched alkanes of at least 4 members (excludes halogenated alkanes) is 14. The van der Waals surface area contributed by atoms with Gasteiger partial charge < -0.3 is 19.7 Å². The lowest BCUT2D eigenvalue weighted by atomic mass is 9.79. The summed E-state index contributed by atoms with van der Waals surface area (Å²) in [6.45, 7) is 33.2. The van der Waals surface area contributed by atoms with E-state index in [4.69, 9.17) is 9.47 Å². The summed E-state index contributed by atoms with van der Waals surface area (Å²) in [5, 5.41) is 25.4. The van der Waals surface area contributed by atoms with Crippen LogP contribution in [-0.2, 0) is 47.3 Å². The monoisotopic (exact) mass is 929 g/mol. The van der Waals surface area contributed by atoms with Crippen LogP contribution in [0.3, 0.4) is 0 Å². The topological polar surface area (TPSA) is 58.9 Å². The minimum Gasteiger partial charge on any atom is -0.507 e. The highest BCUT2D eigenvalue weighted by atomic mass is 16.5. The van der Waals surface area contributed by atoms with Crippen LogP contribution in [0.4, 0.5) is 0 Å². The Balaban J connectivity index is 1.73. The maximum atomic E-state index is 12.7. The Bertz CT molecular complexity index is 1970. The predicted molar refractivity (Wildman–Crippen MR) is 291 cm³/mol. The number of rotatable bonds is 20. The van der Waals surface area contributed by atoms with E-state index in [2.05, 4.69) is 145 Å². The largest absolute Gasteiger partial charge is 0.507 e. The molecule has 0 amide bonds. The standard InChI is InChI=1S/C64H96O4/c1-15-17-19-21-23-25-27-29-31-67-59-49-33-45-37-53(61(3,4)5)39-47(57(45)65)35-51-43-56(64(12,13)14)44-52(60(51)68-32-30-28-26-24-22-20-18-16-2)36-48-40-54(62(6,7)8)38-46(58(48)66)34-50(59)42-55(41-49)63(9,10)11/h37-44,65-66H,15-36H2,1-14H3. The van der Waals surface area contributed by atoms with Crippen LogP contribution >= 0.6 is 0 Å². The van der Waals surface area contributed by atoms with Gasteiger partial charge in [0, 0.05) is 25.7 Å². The molecule has 8 bridgehead atoms. The van der Waals surface area contributed by atoms with Crippen LogP contribution in [-0.4, -0.2) is 23.4 Å². The van der Waals surface area contributed by atoms with Crippen LogP contribution in [0.2, 0.25) is 0 Å². The molecule has 1 aliphatic rings. The molecule has 0 saturated heterocycles. The lowest BCUT2D eigenvalue weighted by Crippen LogP contribution is -2.17. The summed E-state index contributed by atoms with van der Waals surface area (Å²) in [5.41, 5.74) is 12.3. The molecule has 0 spiro atoms. The fraction of sp³-hybridized carbons (Fsp3) is 0.625. The smallest absolute Gasteiger partial charge is 0.126 e. The Kier molecular flexibility index (Phi) is 19.6. The lowest BCUT2D eigenvalue weighted by molar-refractivity contribution is 0.298. The van der Waals surface area contributed by atoms with Crippen LogP contribution < -0.4 is 9.47 Å². The molecule has 0 saturated carbocycles. The SMILES string of the molecule is CCCCCCCCCCOc1c2cc(C(C)(C)C)cc1Cc1cc(C(C)(C)C)cc(c1O)Cc1cc(C(C)(C)C)cc(c1OCCCCCCCCCC)Cc1cc(C(C)(C)C)cc(c1O)C2. The zero-order valence-electron chi connectivity index (χ0n) is 45.9. The van der Waals surface area contributed by atoms with Crippen LogP contribution in [0.25, 0.3) is 0 Å². The van der Waals surface area contributed by atoms with Crippen LogP contribution in [0, 0.1) is 0 Å². The van der Waals surface area contributed by atoms with E-state index in [0.29, 0.717) is 50.4 Å². The van der Waals surface area contributed by atoms with E-state index in [1.807, 2.05) is 0 Å². The van der Waals surface area contributed by atoms with Crippen molar-refractivity contribution in [3.63, 3.8) is 0 Å². The zero-order valence-corrected chi connectivity index (χ0v) is 45.9. The first-order valence-corrected chi connectivity index (χ1v) is 27.3. The molecule has 0 radical (unpaired) electrons. The van der Waals surface area contributed by atoms with Crippen molar-refractivity contribution in [2.75, 3.05) is 13.2 Å². The molecular weight excluding hydrogens is 833 g/mol. The van der Waals surface area contributed by atoms with Gasteiger partial charge in [0.25, 0.3) is 0 Å². The van der Waals surface area contributed by atoms with Gasteiger partial charge in [-0.2, -0.15) is 0 Å². The Labute approximate surface area is 416 Å². The van der Waals surface area contributed by atoms with Gasteiger partial charge in [0.15, 0.2) is 0 Å². The molecule has 4 aromatic carbocycles. The van der Waals surface area contributed by atoms with Crippen molar-refractivity contribution in [3.05, 3.63) is 115 Å². The second kappa shape index (κ2) is 24.3. The summed E-state index contributed by atoms with van der Waals surface area (Å²) >= 11 is 0. The first kappa shape index (κ1) is 55.0. The second-order valence-electron chi connectivity index (χ2n) is 24.9.